The lowest BCUT2D eigenvalue weighted by atomic mass is 9.88. The minimum Gasteiger partial charge on any atom is -0.365 e. The van der Waals surface area contributed by atoms with Gasteiger partial charge < -0.3 is 15.6 Å². The Balaban J connectivity index is 1.84. The largest absolute Gasteiger partial charge is 0.365 e. The number of carbonyl (C=O) groups is 1. The minimum absolute atomic E-state index is 0.0423. The highest BCUT2D eigenvalue weighted by Crippen LogP contribution is 2.27. The number of nitrogens with one attached hydrogen (secondary N) is 1. The number of amides is 1. The van der Waals surface area contributed by atoms with Gasteiger partial charge in [0.05, 0.1) is 0 Å². The van der Waals surface area contributed by atoms with Gasteiger partial charge in [0.2, 0.25) is 5.91 Å². The van der Waals surface area contributed by atoms with Gasteiger partial charge in [-0.2, -0.15) is 0 Å². The van der Waals surface area contributed by atoms with Crippen molar-refractivity contribution in [1.29, 1.82) is 0 Å². The smallest absolute Gasteiger partial charge is 0.223 e. The van der Waals surface area contributed by atoms with Gasteiger partial charge in [-0.1, -0.05) is 0 Å². The Hall–Kier alpha value is -1.29. The summed E-state index contributed by atoms with van der Waals surface area (Å²) < 4.78 is 0. The molecule has 0 aliphatic carbocycles. The van der Waals surface area contributed by atoms with Crippen LogP contribution in [0.5, 0.6) is 0 Å². The lowest BCUT2D eigenvalue weighted by molar-refractivity contribution is -0.139. The molecule has 1 aliphatic rings. The molecule has 1 aliphatic heterocycles. The molecular weight excluding hydrogens is 238 g/mol. The monoisotopic (exact) mass is 263 g/mol. The standard InChI is InChI=1S/C15H25N3O/c1-15(2)9-8-12(16)11-18(15)14(19)7-3-5-13-6-4-10-17-13/h4,6,10,12,17H,3,5,7-9,11,16H2,1-2H3. The van der Waals surface area contributed by atoms with Crippen LogP contribution in [0.15, 0.2) is 18.3 Å². The number of likely N-dealkylation sites (tertiary alicyclic amines) is 1. The molecule has 1 unspecified atom stereocenters. The van der Waals surface area contributed by atoms with Crippen LogP contribution in [0.3, 0.4) is 0 Å². The molecule has 1 fully saturated rings. The fourth-order valence-corrected chi connectivity index (χ4v) is 2.77. The van der Waals surface area contributed by atoms with E-state index in [2.05, 4.69) is 24.9 Å². The average molecular weight is 263 g/mol. The Kier molecular flexibility index (Phi) is 4.30. The third kappa shape index (κ3) is 3.60. The van der Waals surface area contributed by atoms with Gasteiger partial charge in [0.1, 0.15) is 0 Å². The van der Waals surface area contributed by atoms with Crippen LogP contribution in [-0.4, -0.2) is 33.9 Å². The van der Waals surface area contributed by atoms with Crippen molar-refractivity contribution in [2.75, 3.05) is 6.54 Å². The van der Waals surface area contributed by atoms with E-state index in [1.54, 1.807) is 0 Å². The second-order valence-corrected chi connectivity index (χ2v) is 6.16. The zero-order valence-electron chi connectivity index (χ0n) is 12.0. The number of carbonyl (C=O) groups excluding carboxylic acids is 1. The SMILES string of the molecule is CC1(C)CCC(N)CN1C(=O)CCCc1ccc[nH]1. The molecule has 0 spiro atoms. The maximum atomic E-state index is 12.3. The molecule has 1 atom stereocenters. The Labute approximate surface area is 115 Å². The zero-order chi connectivity index (χ0) is 13.9. The summed E-state index contributed by atoms with van der Waals surface area (Å²) in [4.78, 5) is 17.5. The normalized spacial score (nSPS) is 22.5. The average Bonchev–Trinajstić information content (AvgIpc) is 2.85. The molecule has 2 rings (SSSR count). The summed E-state index contributed by atoms with van der Waals surface area (Å²) in [6.07, 6.45) is 6.36. The van der Waals surface area contributed by atoms with Gasteiger partial charge in [-0.3, -0.25) is 4.79 Å². The molecule has 0 radical (unpaired) electrons. The molecule has 1 saturated heterocycles. The summed E-state index contributed by atoms with van der Waals surface area (Å²) in [5.74, 6) is 0.242. The number of piperidine rings is 1. The maximum Gasteiger partial charge on any atom is 0.223 e. The summed E-state index contributed by atoms with van der Waals surface area (Å²) in [6, 6.07) is 4.19. The fraction of sp³-hybridized carbons (Fsp3) is 0.667. The van der Waals surface area contributed by atoms with E-state index < -0.39 is 0 Å². The van der Waals surface area contributed by atoms with E-state index in [0.717, 1.165) is 25.7 Å². The molecule has 1 aromatic heterocycles. The van der Waals surface area contributed by atoms with Crippen molar-refractivity contribution < 1.29 is 4.79 Å². The van der Waals surface area contributed by atoms with Crippen LogP contribution in [0.1, 0.15) is 45.2 Å². The number of nitrogens with zero attached hydrogens (tertiary/aromatic N) is 1. The maximum absolute atomic E-state index is 12.3. The van der Waals surface area contributed by atoms with Crippen LogP contribution in [0.2, 0.25) is 0 Å². The van der Waals surface area contributed by atoms with E-state index >= 15 is 0 Å². The molecule has 1 aromatic rings. The number of hydrogen-bond acceptors (Lipinski definition) is 2. The van der Waals surface area contributed by atoms with E-state index in [1.807, 2.05) is 17.2 Å². The highest BCUT2D eigenvalue weighted by molar-refractivity contribution is 5.77. The molecule has 0 bridgehead atoms. The van der Waals surface area contributed by atoms with Crippen molar-refractivity contribution in [3.8, 4) is 0 Å². The molecule has 3 N–H and O–H groups in total. The lowest BCUT2D eigenvalue weighted by Gasteiger charge is -2.45. The second-order valence-electron chi connectivity index (χ2n) is 6.16. The third-order valence-corrected chi connectivity index (χ3v) is 4.07. The fourth-order valence-electron chi connectivity index (χ4n) is 2.77. The predicted molar refractivity (Wildman–Crippen MR) is 76.7 cm³/mol. The van der Waals surface area contributed by atoms with E-state index in [9.17, 15) is 4.79 Å². The minimum atomic E-state index is -0.0423. The first-order chi connectivity index (χ1) is 8.99. The predicted octanol–water partition coefficient (Wildman–Crippen LogP) is 2.07. The summed E-state index contributed by atoms with van der Waals surface area (Å²) >= 11 is 0. The lowest BCUT2D eigenvalue weighted by Crippen LogP contribution is -2.56. The van der Waals surface area contributed by atoms with Crippen molar-refractivity contribution in [2.45, 2.75) is 57.5 Å². The van der Waals surface area contributed by atoms with Crippen LogP contribution in [0.4, 0.5) is 0 Å². The van der Waals surface area contributed by atoms with E-state index in [-0.39, 0.29) is 17.5 Å². The van der Waals surface area contributed by atoms with Crippen molar-refractivity contribution in [3.05, 3.63) is 24.0 Å². The van der Waals surface area contributed by atoms with Crippen molar-refractivity contribution in [3.63, 3.8) is 0 Å². The first-order valence-corrected chi connectivity index (χ1v) is 7.17. The van der Waals surface area contributed by atoms with Crippen LogP contribution in [-0.2, 0) is 11.2 Å². The van der Waals surface area contributed by atoms with Gasteiger partial charge in [0.15, 0.2) is 0 Å². The molecule has 4 nitrogen and oxygen atoms in total. The number of nitrogens with two attached hydrogens (primary N) is 1. The van der Waals surface area contributed by atoms with Gasteiger partial charge in [0.25, 0.3) is 0 Å². The Morgan fingerprint density at radius 2 is 2.37 bits per heavy atom. The van der Waals surface area contributed by atoms with Crippen molar-refractivity contribution in [1.82, 2.24) is 9.88 Å². The number of aromatic nitrogens is 1. The summed E-state index contributed by atoms with van der Waals surface area (Å²) in [5.41, 5.74) is 7.15. The van der Waals surface area contributed by atoms with Crippen LogP contribution < -0.4 is 5.73 Å². The molecule has 106 valence electrons. The van der Waals surface area contributed by atoms with Gasteiger partial charge in [-0.25, -0.2) is 0 Å². The highest BCUT2D eigenvalue weighted by Gasteiger charge is 2.35. The van der Waals surface area contributed by atoms with E-state index in [1.165, 1.54) is 5.69 Å². The molecule has 1 amide bonds. The molecule has 4 heteroatoms. The van der Waals surface area contributed by atoms with Gasteiger partial charge >= 0.3 is 0 Å². The zero-order valence-corrected chi connectivity index (χ0v) is 12.0. The van der Waals surface area contributed by atoms with Gasteiger partial charge in [-0.05, 0) is 51.7 Å². The number of hydrogen-bond donors (Lipinski definition) is 2. The first kappa shape index (κ1) is 14.1. The van der Waals surface area contributed by atoms with Gasteiger partial charge in [-0.15, -0.1) is 0 Å². The Morgan fingerprint density at radius 1 is 1.58 bits per heavy atom. The quantitative estimate of drug-likeness (QED) is 0.873. The van der Waals surface area contributed by atoms with Crippen molar-refractivity contribution >= 4 is 5.91 Å². The molecule has 0 aromatic carbocycles. The van der Waals surface area contributed by atoms with Crippen LogP contribution in [0, 0.1) is 0 Å². The third-order valence-electron chi connectivity index (χ3n) is 4.07. The first-order valence-electron chi connectivity index (χ1n) is 7.17. The van der Waals surface area contributed by atoms with Crippen LogP contribution >= 0.6 is 0 Å². The summed E-state index contributed by atoms with van der Waals surface area (Å²) in [6.45, 7) is 4.98. The summed E-state index contributed by atoms with van der Waals surface area (Å²) in [5, 5.41) is 0. The highest BCUT2D eigenvalue weighted by atomic mass is 16.2. The number of aryl methyl sites for hydroxylation is 1. The topological polar surface area (TPSA) is 62.1 Å². The van der Waals surface area contributed by atoms with Crippen molar-refractivity contribution in [2.24, 2.45) is 5.73 Å². The van der Waals surface area contributed by atoms with Crippen LogP contribution in [0.25, 0.3) is 0 Å². The summed E-state index contributed by atoms with van der Waals surface area (Å²) in [7, 11) is 0. The van der Waals surface area contributed by atoms with Gasteiger partial charge in [0, 0.05) is 36.4 Å². The Morgan fingerprint density at radius 3 is 3.05 bits per heavy atom. The molecule has 2 heterocycles. The number of rotatable bonds is 4. The number of aromatic amines is 1. The molecule has 19 heavy (non-hydrogen) atoms. The molecule has 0 saturated carbocycles. The van der Waals surface area contributed by atoms with E-state index in [4.69, 9.17) is 5.73 Å². The van der Waals surface area contributed by atoms with E-state index in [0.29, 0.717) is 13.0 Å². The number of H-pyrrole nitrogens is 1. The molecular formula is C15H25N3O. The Bertz CT molecular complexity index is 411. The second kappa shape index (κ2) is 5.78.